The minimum atomic E-state index is -0.316. The average molecular weight is 374 g/mol. The third-order valence-electron chi connectivity index (χ3n) is 4.80. The highest BCUT2D eigenvalue weighted by molar-refractivity contribution is 9.10. The Hall–Kier alpha value is -0.580. The lowest BCUT2D eigenvalue weighted by Crippen LogP contribution is -2.54. The third kappa shape index (κ3) is 3.27. The maximum Gasteiger partial charge on any atom is 0.230 e. The van der Waals surface area contributed by atoms with E-state index in [1.165, 1.54) is 12.8 Å². The summed E-state index contributed by atoms with van der Waals surface area (Å²) < 4.78 is 1.05. The lowest BCUT2D eigenvalue weighted by molar-refractivity contribution is -0.130. The van der Waals surface area contributed by atoms with E-state index in [1.807, 2.05) is 12.1 Å². The number of hydrogen-bond donors (Lipinski definition) is 2. The Morgan fingerprint density at radius 3 is 2.38 bits per heavy atom. The molecular formula is C16H22BrClN2O. The maximum absolute atomic E-state index is 12.8. The molecule has 3 nitrogen and oxygen atoms in total. The first-order valence-electron chi connectivity index (χ1n) is 7.43. The Kier molecular flexibility index (Phi) is 5.33. The number of carbonyl (C=O) groups is 1. The average Bonchev–Trinajstić information content (AvgIpc) is 3.21. The van der Waals surface area contributed by atoms with Crippen LogP contribution in [-0.4, -0.2) is 18.5 Å². The van der Waals surface area contributed by atoms with Crippen molar-refractivity contribution in [1.29, 1.82) is 0 Å². The highest BCUT2D eigenvalue weighted by Gasteiger charge is 2.46. The highest BCUT2D eigenvalue weighted by atomic mass is 79.9. The van der Waals surface area contributed by atoms with Gasteiger partial charge in [0.25, 0.3) is 0 Å². The van der Waals surface area contributed by atoms with Gasteiger partial charge < -0.3 is 11.1 Å². The standard InChI is InChI=1S/C16H21BrN2O.ClH/c17-13-6-4-12(5-7-13)16(8-1-9-16)15(20)19-14(10-18)11-2-3-11;/h4-7,11,14H,1-3,8-10,18H2,(H,19,20);1H. The van der Waals surface area contributed by atoms with Crippen LogP contribution in [-0.2, 0) is 10.2 Å². The van der Waals surface area contributed by atoms with E-state index in [0.29, 0.717) is 12.5 Å². The molecule has 2 aliphatic carbocycles. The molecule has 2 fully saturated rings. The zero-order chi connectivity index (χ0) is 14.2. The predicted octanol–water partition coefficient (Wildman–Crippen LogP) is 3.15. The van der Waals surface area contributed by atoms with Crippen LogP contribution in [0.25, 0.3) is 0 Å². The summed E-state index contributed by atoms with van der Waals surface area (Å²) in [6.07, 6.45) is 5.42. The molecule has 0 bridgehead atoms. The van der Waals surface area contributed by atoms with Crippen LogP contribution < -0.4 is 11.1 Å². The summed E-state index contributed by atoms with van der Waals surface area (Å²) in [7, 11) is 0. The van der Waals surface area contributed by atoms with Gasteiger partial charge in [0.15, 0.2) is 0 Å². The minimum absolute atomic E-state index is 0. The quantitative estimate of drug-likeness (QED) is 0.833. The van der Waals surface area contributed by atoms with Crippen LogP contribution in [0.3, 0.4) is 0 Å². The normalized spacial score (nSPS) is 20.9. The minimum Gasteiger partial charge on any atom is -0.351 e. The number of rotatable bonds is 5. The second-order valence-corrected chi connectivity index (χ2v) is 7.01. The molecule has 0 aliphatic heterocycles. The monoisotopic (exact) mass is 372 g/mol. The molecule has 1 atom stereocenters. The van der Waals surface area contributed by atoms with Crippen molar-refractivity contribution >= 4 is 34.2 Å². The third-order valence-corrected chi connectivity index (χ3v) is 5.33. The first-order chi connectivity index (χ1) is 9.65. The van der Waals surface area contributed by atoms with Crippen LogP contribution >= 0.6 is 28.3 Å². The molecule has 0 radical (unpaired) electrons. The van der Waals surface area contributed by atoms with E-state index in [-0.39, 0.29) is 29.8 Å². The van der Waals surface area contributed by atoms with Gasteiger partial charge in [-0.25, -0.2) is 0 Å². The Labute approximate surface area is 140 Å². The molecule has 5 heteroatoms. The lowest BCUT2D eigenvalue weighted by Gasteiger charge is -2.41. The zero-order valence-corrected chi connectivity index (χ0v) is 14.4. The van der Waals surface area contributed by atoms with E-state index >= 15 is 0 Å². The fraction of sp³-hybridized carbons (Fsp3) is 0.562. The maximum atomic E-state index is 12.8. The summed E-state index contributed by atoms with van der Waals surface area (Å²) in [5.41, 5.74) is 6.62. The van der Waals surface area contributed by atoms with Gasteiger partial charge in [0, 0.05) is 17.1 Å². The van der Waals surface area contributed by atoms with Crippen molar-refractivity contribution in [3.63, 3.8) is 0 Å². The molecule has 2 aliphatic rings. The molecule has 2 saturated carbocycles. The van der Waals surface area contributed by atoms with Crippen molar-refractivity contribution in [1.82, 2.24) is 5.32 Å². The first-order valence-corrected chi connectivity index (χ1v) is 8.22. The summed E-state index contributed by atoms with van der Waals surface area (Å²) in [5, 5.41) is 3.21. The van der Waals surface area contributed by atoms with E-state index in [9.17, 15) is 4.79 Å². The number of nitrogens with one attached hydrogen (secondary N) is 1. The van der Waals surface area contributed by atoms with Gasteiger partial charge in [-0.2, -0.15) is 0 Å². The Morgan fingerprint density at radius 1 is 1.33 bits per heavy atom. The summed E-state index contributed by atoms with van der Waals surface area (Å²) >= 11 is 3.45. The molecule has 0 aromatic heterocycles. The van der Waals surface area contributed by atoms with Gasteiger partial charge in [-0.05, 0) is 49.3 Å². The molecule has 1 aromatic carbocycles. The molecule has 0 saturated heterocycles. The number of nitrogens with two attached hydrogens (primary N) is 1. The highest BCUT2D eigenvalue weighted by Crippen LogP contribution is 2.44. The van der Waals surface area contributed by atoms with E-state index in [0.717, 1.165) is 29.3 Å². The molecule has 21 heavy (non-hydrogen) atoms. The van der Waals surface area contributed by atoms with Crippen LogP contribution in [0.2, 0.25) is 0 Å². The van der Waals surface area contributed by atoms with E-state index in [4.69, 9.17) is 5.73 Å². The zero-order valence-electron chi connectivity index (χ0n) is 12.0. The van der Waals surface area contributed by atoms with Gasteiger partial charge in [-0.15, -0.1) is 12.4 Å². The molecule has 1 aromatic rings. The SMILES string of the molecule is Cl.NCC(NC(=O)C1(c2ccc(Br)cc2)CCC1)C1CC1. The predicted molar refractivity (Wildman–Crippen MR) is 90.6 cm³/mol. The van der Waals surface area contributed by atoms with Gasteiger partial charge >= 0.3 is 0 Å². The summed E-state index contributed by atoms with van der Waals surface area (Å²) in [6.45, 7) is 0.548. The van der Waals surface area contributed by atoms with Gasteiger partial charge in [-0.3, -0.25) is 4.79 Å². The molecule has 0 spiro atoms. The van der Waals surface area contributed by atoms with Gasteiger partial charge in [0.2, 0.25) is 5.91 Å². The molecule has 116 valence electrons. The van der Waals surface area contributed by atoms with Gasteiger partial charge in [0.05, 0.1) is 5.41 Å². The van der Waals surface area contributed by atoms with Crippen molar-refractivity contribution in [2.75, 3.05) is 6.54 Å². The van der Waals surface area contributed by atoms with Crippen molar-refractivity contribution < 1.29 is 4.79 Å². The van der Waals surface area contributed by atoms with Crippen molar-refractivity contribution in [3.8, 4) is 0 Å². The number of carbonyl (C=O) groups excluding carboxylic acids is 1. The number of hydrogen-bond acceptors (Lipinski definition) is 2. The Morgan fingerprint density at radius 2 is 1.95 bits per heavy atom. The number of amides is 1. The van der Waals surface area contributed by atoms with Gasteiger partial charge in [-0.1, -0.05) is 34.5 Å². The summed E-state index contributed by atoms with van der Waals surface area (Å²) in [4.78, 5) is 12.8. The Balaban J connectivity index is 0.00000161. The van der Waals surface area contributed by atoms with E-state index in [2.05, 4.69) is 33.4 Å². The molecular weight excluding hydrogens is 352 g/mol. The lowest BCUT2D eigenvalue weighted by atomic mass is 9.63. The molecule has 0 heterocycles. The van der Waals surface area contributed by atoms with Crippen molar-refractivity contribution in [2.45, 2.75) is 43.6 Å². The second-order valence-electron chi connectivity index (χ2n) is 6.10. The Bertz CT molecular complexity index is 498. The van der Waals surface area contributed by atoms with Crippen LogP contribution in [0.4, 0.5) is 0 Å². The fourth-order valence-electron chi connectivity index (χ4n) is 3.12. The van der Waals surface area contributed by atoms with Crippen LogP contribution in [0.15, 0.2) is 28.7 Å². The van der Waals surface area contributed by atoms with Crippen LogP contribution in [0.5, 0.6) is 0 Å². The number of halogens is 2. The fourth-order valence-corrected chi connectivity index (χ4v) is 3.38. The molecule has 3 N–H and O–H groups in total. The molecule has 1 unspecified atom stereocenters. The molecule has 3 rings (SSSR count). The van der Waals surface area contributed by atoms with Crippen LogP contribution in [0.1, 0.15) is 37.7 Å². The molecule has 1 amide bonds. The van der Waals surface area contributed by atoms with Crippen molar-refractivity contribution in [2.24, 2.45) is 11.7 Å². The summed E-state index contributed by atoms with van der Waals surface area (Å²) in [6, 6.07) is 8.33. The second kappa shape index (κ2) is 6.67. The smallest absolute Gasteiger partial charge is 0.230 e. The summed E-state index contributed by atoms with van der Waals surface area (Å²) in [5.74, 6) is 0.777. The van der Waals surface area contributed by atoms with E-state index < -0.39 is 0 Å². The topological polar surface area (TPSA) is 55.1 Å². The van der Waals surface area contributed by atoms with Crippen molar-refractivity contribution in [3.05, 3.63) is 34.3 Å². The van der Waals surface area contributed by atoms with E-state index in [1.54, 1.807) is 0 Å². The first kappa shape index (κ1) is 16.8. The number of benzene rings is 1. The van der Waals surface area contributed by atoms with Gasteiger partial charge in [0.1, 0.15) is 0 Å². The van der Waals surface area contributed by atoms with Crippen LogP contribution in [0, 0.1) is 5.92 Å². The largest absolute Gasteiger partial charge is 0.351 e.